The van der Waals surface area contributed by atoms with Gasteiger partial charge in [0.2, 0.25) is 5.89 Å². The average molecular weight is 327 g/mol. The summed E-state index contributed by atoms with van der Waals surface area (Å²) in [7, 11) is 0. The molecule has 0 saturated heterocycles. The number of aromatic nitrogens is 1. The molecular formula is C15H6F5NO2. The van der Waals surface area contributed by atoms with Crippen LogP contribution in [0.1, 0.15) is 5.56 Å². The summed E-state index contributed by atoms with van der Waals surface area (Å²) in [4.78, 5) is 15.5. The van der Waals surface area contributed by atoms with E-state index in [-0.39, 0.29) is 10.9 Å². The average Bonchev–Trinajstić information content (AvgIpc) is 2.45. The largest absolute Gasteiger partial charge is 0.416 e. The Morgan fingerprint density at radius 3 is 2.26 bits per heavy atom. The van der Waals surface area contributed by atoms with E-state index in [0.717, 1.165) is 24.3 Å². The van der Waals surface area contributed by atoms with Crippen molar-refractivity contribution in [1.29, 1.82) is 0 Å². The molecule has 0 atom stereocenters. The Morgan fingerprint density at radius 2 is 1.65 bits per heavy atom. The Balaban J connectivity index is 2.30. The minimum Gasteiger partial charge on any atom is -0.403 e. The van der Waals surface area contributed by atoms with Gasteiger partial charge in [0.1, 0.15) is 17.2 Å². The quantitative estimate of drug-likeness (QED) is 0.631. The maximum Gasteiger partial charge on any atom is 0.416 e. The zero-order chi connectivity index (χ0) is 16.8. The van der Waals surface area contributed by atoms with Crippen LogP contribution in [0.3, 0.4) is 0 Å². The summed E-state index contributed by atoms with van der Waals surface area (Å²) in [6.07, 6.45) is -4.64. The van der Waals surface area contributed by atoms with Gasteiger partial charge in [0.25, 0.3) is 0 Å². The van der Waals surface area contributed by atoms with Crippen LogP contribution in [0.5, 0.6) is 0 Å². The predicted octanol–water partition coefficient (Wildman–Crippen LogP) is 4.15. The summed E-state index contributed by atoms with van der Waals surface area (Å²) < 4.78 is 70.3. The van der Waals surface area contributed by atoms with Crippen LogP contribution in [0.25, 0.3) is 22.4 Å². The van der Waals surface area contributed by atoms with Gasteiger partial charge in [-0.05, 0) is 30.3 Å². The highest BCUT2D eigenvalue weighted by atomic mass is 19.4. The molecule has 1 heterocycles. The maximum atomic E-state index is 13.7. The lowest BCUT2D eigenvalue weighted by Crippen LogP contribution is -2.08. The van der Waals surface area contributed by atoms with E-state index in [1.807, 2.05) is 0 Å². The van der Waals surface area contributed by atoms with Crippen LogP contribution in [0.15, 0.2) is 45.6 Å². The van der Waals surface area contributed by atoms with Crippen molar-refractivity contribution >= 4 is 10.9 Å². The molecule has 3 rings (SSSR count). The first kappa shape index (κ1) is 15.1. The first-order valence-corrected chi connectivity index (χ1v) is 6.24. The SMILES string of the molecule is O=c1oc(-c2c(F)cccc2F)nc2cc(C(F)(F)F)ccc12. The Bertz CT molecular complexity index is 942. The molecule has 3 aromatic rings. The van der Waals surface area contributed by atoms with E-state index in [1.54, 1.807) is 0 Å². The van der Waals surface area contributed by atoms with Crippen LogP contribution in [0.2, 0.25) is 0 Å². The molecule has 1 aromatic heterocycles. The summed E-state index contributed by atoms with van der Waals surface area (Å²) >= 11 is 0. The summed E-state index contributed by atoms with van der Waals surface area (Å²) in [6.45, 7) is 0. The first-order chi connectivity index (χ1) is 10.8. The minimum absolute atomic E-state index is 0.224. The van der Waals surface area contributed by atoms with Gasteiger partial charge in [-0.3, -0.25) is 0 Å². The molecule has 0 aliphatic carbocycles. The summed E-state index contributed by atoms with van der Waals surface area (Å²) in [6, 6.07) is 5.14. The highest BCUT2D eigenvalue weighted by molar-refractivity contribution is 5.79. The van der Waals surface area contributed by atoms with Gasteiger partial charge in [0, 0.05) is 0 Å². The third-order valence-corrected chi connectivity index (χ3v) is 3.13. The molecule has 0 N–H and O–H groups in total. The highest BCUT2D eigenvalue weighted by Gasteiger charge is 2.31. The molecule has 2 aromatic carbocycles. The van der Waals surface area contributed by atoms with E-state index >= 15 is 0 Å². The number of halogens is 5. The van der Waals surface area contributed by atoms with Gasteiger partial charge in [-0.15, -0.1) is 0 Å². The van der Waals surface area contributed by atoms with Crippen molar-refractivity contribution in [2.24, 2.45) is 0 Å². The van der Waals surface area contributed by atoms with Gasteiger partial charge in [-0.25, -0.2) is 18.6 Å². The molecule has 0 radical (unpaired) electrons. The fourth-order valence-corrected chi connectivity index (χ4v) is 2.06. The molecule has 0 bridgehead atoms. The van der Waals surface area contributed by atoms with Crippen LogP contribution < -0.4 is 5.63 Å². The zero-order valence-corrected chi connectivity index (χ0v) is 11.1. The van der Waals surface area contributed by atoms with E-state index in [0.29, 0.717) is 12.1 Å². The van der Waals surface area contributed by atoms with E-state index in [1.165, 1.54) is 0 Å². The van der Waals surface area contributed by atoms with Gasteiger partial charge < -0.3 is 4.42 Å². The first-order valence-electron chi connectivity index (χ1n) is 6.24. The Hall–Kier alpha value is -2.77. The van der Waals surface area contributed by atoms with Crippen molar-refractivity contribution in [3.63, 3.8) is 0 Å². The van der Waals surface area contributed by atoms with E-state index in [2.05, 4.69) is 4.98 Å². The monoisotopic (exact) mass is 327 g/mol. The molecule has 0 aliphatic heterocycles. The molecule has 0 fully saturated rings. The van der Waals surface area contributed by atoms with Crippen LogP contribution in [0.4, 0.5) is 22.0 Å². The third-order valence-electron chi connectivity index (χ3n) is 3.13. The standard InChI is InChI=1S/C15H6F5NO2/c16-9-2-1-3-10(17)12(9)13-21-11-6-7(15(18,19)20)4-5-8(11)14(22)23-13/h1-6H. The van der Waals surface area contributed by atoms with Gasteiger partial charge in [-0.2, -0.15) is 13.2 Å². The molecule has 23 heavy (non-hydrogen) atoms. The predicted molar refractivity (Wildman–Crippen MR) is 70.6 cm³/mol. The molecule has 0 unspecified atom stereocenters. The molecule has 8 heteroatoms. The molecule has 3 nitrogen and oxygen atoms in total. The summed E-state index contributed by atoms with van der Waals surface area (Å²) in [5.74, 6) is -2.82. The van der Waals surface area contributed by atoms with Crippen molar-refractivity contribution in [3.8, 4) is 11.5 Å². The second kappa shape index (κ2) is 5.15. The van der Waals surface area contributed by atoms with Gasteiger partial charge in [0.05, 0.1) is 16.5 Å². The molecule has 0 amide bonds. The van der Waals surface area contributed by atoms with Crippen molar-refractivity contribution in [1.82, 2.24) is 4.98 Å². The smallest absolute Gasteiger partial charge is 0.403 e. The third kappa shape index (κ3) is 2.67. The van der Waals surface area contributed by atoms with E-state index in [9.17, 15) is 26.7 Å². The molecule has 0 saturated carbocycles. The molecule has 0 aliphatic rings. The van der Waals surface area contributed by atoms with Crippen LogP contribution in [-0.4, -0.2) is 4.98 Å². The summed E-state index contributed by atoms with van der Waals surface area (Å²) in [5, 5.41) is -0.224. The van der Waals surface area contributed by atoms with Crippen LogP contribution in [0, 0.1) is 11.6 Å². The van der Waals surface area contributed by atoms with Gasteiger partial charge in [-0.1, -0.05) is 6.07 Å². The Kier molecular flexibility index (Phi) is 3.39. The number of fused-ring (bicyclic) bond motifs is 1. The lowest BCUT2D eigenvalue weighted by molar-refractivity contribution is -0.137. The second-order valence-corrected chi connectivity index (χ2v) is 4.63. The number of hydrogen-bond donors (Lipinski definition) is 0. The molecule has 118 valence electrons. The van der Waals surface area contributed by atoms with Gasteiger partial charge in [0.15, 0.2) is 0 Å². The van der Waals surface area contributed by atoms with E-state index in [4.69, 9.17) is 4.42 Å². The zero-order valence-electron chi connectivity index (χ0n) is 11.1. The number of alkyl halides is 3. The normalized spacial score (nSPS) is 11.9. The number of rotatable bonds is 1. The Morgan fingerprint density at radius 1 is 1.00 bits per heavy atom. The van der Waals surface area contributed by atoms with Gasteiger partial charge >= 0.3 is 11.8 Å². The van der Waals surface area contributed by atoms with Crippen LogP contribution >= 0.6 is 0 Å². The highest BCUT2D eigenvalue weighted by Crippen LogP contribution is 2.31. The second-order valence-electron chi connectivity index (χ2n) is 4.63. The Labute approximate surface area is 125 Å². The fourth-order valence-electron chi connectivity index (χ4n) is 2.06. The number of hydrogen-bond acceptors (Lipinski definition) is 3. The fraction of sp³-hybridized carbons (Fsp3) is 0.0667. The number of benzene rings is 2. The van der Waals surface area contributed by atoms with Crippen molar-refractivity contribution in [2.45, 2.75) is 6.18 Å². The number of nitrogens with zero attached hydrogens (tertiary/aromatic N) is 1. The van der Waals surface area contributed by atoms with Crippen molar-refractivity contribution in [2.75, 3.05) is 0 Å². The molecular weight excluding hydrogens is 321 g/mol. The van der Waals surface area contributed by atoms with Crippen molar-refractivity contribution in [3.05, 3.63) is 64.0 Å². The molecule has 0 spiro atoms. The topological polar surface area (TPSA) is 43.1 Å². The maximum absolute atomic E-state index is 13.7. The van der Waals surface area contributed by atoms with Crippen LogP contribution in [-0.2, 0) is 6.18 Å². The lowest BCUT2D eigenvalue weighted by atomic mass is 10.1. The lowest BCUT2D eigenvalue weighted by Gasteiger charge is -2.08. The minimum atomic E-state index is -4.64. The van der Waals surface area contributed by atoms with E-state index < -0.39 is 40.5 Å². The summed E-state index contributed by atoms with van der Waals surface area (Å²) in [5.41, 5.74) is -3.16. The van der Waals surface area contributed by atoms with Crippen molar-refractivity contribution < 1.29 is 26.4 Å².